The van der Waals surface area contributed by atoms with Gasteiger partial charge in [0.2, 0.25) is 0 Å². The summed E-state index contributed by atoms with van der Waals surface area (Å²) in [6, 6.07) is 11.8. The molecule has 3 rings (SSSR count). The second-order valence-corrected chi connectivity index (χ2v) is 7.09. The van der Waals surface area contributed by atoms with Gasteiger partial charge in [-0.15, -0.1) is 0 Å². The van der Waals surface area contributed by atoms with Crippen LogP contribution in [0.5, 0.6) is 5.75 Å². The first-order chi connectivity index (χ1) is 12.5. The Morgan fingerprint density at radius 3 is 2.46 bits per heavy atom. The molecule has 0 spiro atoms. The second kappa shape index (κ2) is 7.99. The highest BCUT2D eigenvalue weighted by atomic mass is 35.5. The molecule has 26 heavy (non-hydrogen) atoms. The molecular formula is C19H13Cl2NO3S. The van der Waals surface area contributed by atoms with E-state index in [0.717, 1.165) is 22.2 Å². The van der Waals surface area contributed by atoms with Crippen molar-refractivity contribution in [3.8, 4) is 5.75 Å². The van der Waals surface area contributed by atoms with Gasteiger partial charge in [0.05, 0.1) is 20.6 Å². The van der Waals surface area contributed by atoms with Crippen LogP contribution in [-0.2, 0) is 4.79 Å². The van der Waals surface area contributed by atoms with E-state index in [9.17, 15) is 9.59 Å². The van der Waals surface area contributed by atoms with Crippen LogP contribution in [-0.4, -0.2) is 17.8 Å². The average molecular weight is 406 g/mol. The predicted molar refractivity (Wildman–Crippen MR) is 107 cm³/mol. The van der Waals surface area contributed by atoms with E-state index in [-0.39, 0.29) is 10.3 Å². The third-order valence-corrected chi connectivity index (χ3v) is 5.11. The molecule has 0 aliphatic carbocycles. The van der Waals surface area contributed by atoms with Gasteiger partial charge in [0.25, 0.3) is 11.1 Å². The van der Waals surface area contributed by atoms with E-state index in [4.69, 9.17) is 27.9 Å². The minimum Gasteiger partial charge on any atom is -0.490 e. The van der Waals surface area contributed by atoms with E-state index in [1.54, 1.807) is 36.4 Å². The van der Waals surface area contributed by atoms with Crippen LogP contribution in [0.4, 0.5) is 10.5 Å². The van der Waals surface area contributed by atoms with Gasteiger partial charge in [0.15, 0.2) is 0 Å². The molecule has 0 saturated carbocycles. The van der Waals surface area contributed by atoms with Gasteiger partial charge >= 0.3 is 0 Å². The first-order valence-corrected chi connectivity index (χ1v) is 9.13. The number of halogens is 2. The average Bonchev–Trinajstić information content (AvgIpc) is 2.90. The highest BCUT2D eigenvalue weighted by Crippen LogP contribution is 2.37. The van der Waals surface area contributed by atoms with Crippen LogP contribution in [0.3, 0.4) is 0 Å². The van der Waals surface area contributed by atoms with Gasteiger partial charge in [-0.2, -0.15) is 0 Å². The summed E-state index contributed by atoms with van der Waals surface area (Å²) in [6.07, 6.45) is 3.33. The number of rotatable bonds is 5. The first-order valence-electron chi connectivity index (χ1n) is 7.56. The summed E-state index contributed by atoms with van der Waals surface area (Å²) in [6.45, 7) is 4.01. The zero-order chi connectivity index (χ0) is 18.7. The highest BCUT2D eigenvalue weighted by Gasteiger charge is 2.36. The Kier molecular flexibility index (Phi) is 5.71. The summed E-state index contributed by atoms with van der Waals surface area (Å²) in [5, 5.41) is 0.254. The van der Waals surface area contributed by atoms with E-state index in [1.165, 1.54) is 6.07 Å². The van der Waals surface area contributed by atoms with Crippen molar-refractivity contribution in [3.63, 3.8) is 0 Å². The van der Waals surface area contributed by atoms with Crippen molar-refractivity contribution in [2.75, 3.05) is 11.5 Å². The van der Waals surface area contributed by atoms with Crippen molar-refractivity contribution in [3.05, 3.63) is 75.6 Å². The number of imide groups is 1. The zero-order valence-electron chi connectivity index (χ0n) is 13.4. The normalized spacial score (nSPS) is 15.6. The van der Waals surface area contributed by atoms with Gasteiger partial charge in [-0.05, 0) is 53.7 Å². The Labute approximate surface area is 165 Å². The van der Waals surface area contributed by atoms with Gasteiger partial charge in [0.1, 0.15) is 12.4 Å². The van der Waals surface area contributed by atoms with Crippen LogP contribution in [0, 0.1) is 0 Å². The van der Waals surface area contributed by atoms with E-state index < -0.39 is 5.91 Å². The van der Waals surface area contributed by atoms with Crippen LogP contribution in [0.15, 0.2) is 60.0 Å². The molecule has 0 aromatic heterocycles. The van der Waals surface area contributed by atoms with Crippen molar-refractivity contribution < 1.29 is 14.3 Å². The lowest BCUT2D eigenvalue weighted by atomic mass is 10.2. The van der Waals surface area contributed by atoms with Crippen LogP contribution >= 0.6 is 35.0 Å². The van der Waals surface area contributed by atoms with E-state index >= 15 is 0 Å². The molecule has 1 aliphatic rings. The summed E-state index contributed by atoms with van der Waals surface area (Å²) in [7, 11) is 0. The monoisotopic (exact) mass is 405 g/mol. The molecule has 2 aromatic carbocycles. The number of amides is 2. The number of hydrogen-bond donors (Lipinski definition) is 0. The molecule has 0 bridgehead atoms. The molecule has 132 valence electrons. The maximum Gasteiger partial charge on any atom is 0.298 e. The summed E-state index contributed by atoms with van der Waals surface area (Å²) in [5.41, 5.74) is 1.18. The minimum absolute atomic E-state index is 0.280. The van der Waals surface area contributed by atoms with Crippen LogP contribution in [0.25, 0.3) is 6.08 Å². The molecule has 4 nitrogen and oxygen atoms in total. The number of anilines is 1. The van der Waals surface area contributed by atoms with Gasteiger partial charge in [-0.3, -0.25) is 9.59 Å². The molecule has 1 fully saturated rings. The number of carbonyl (C=O) groups is 2. The maximum atomic E-state index is 12.6. The largest absolute Gasteiger partial charge is 0.490 e. The summed E-state index contributed by atoms with van der Waals surface area (Å²) in [5.74, 6) is 0.302. The van der Waals surface area contributed by atoms with E-state index in [1.807, 2.05) is 12.1 Å². The third kappa shape index (κ3) is 3.96. The number of thioether (sulfide) groups is 1. The van der Waals surface area contributed by atoms with Crippen molar-refractivity contribution in [1.29, 1.82) is 0 Å². The molecule has 1 aliphatic heterocycles. The molecular weight excluding hydrogens is 393 g/mol. The van der Waals surface area contributed by atoms with E-state index in [0.29, 0.717) is 28.0 Å². The lowest BCUT2D eigenvalue weighted by Gasteiger charge is -2.13. The molecule has 1 heterocycles. The second-order valence-electron chi connectivity index (χ2n) is 5.28. The number of benzene rings is 2. The molecule has 0 radical (unpaired) electrons. The fourth-order valence-electron chi connectivity index (χ4n) is 2.28. The van der Waals surface area contributed by atoms with Crippen molar-refractivity contribution in [2.24, 2.45) is 0 Å². The summed E-state index contributed by atoms with van der Waals surface area (Å²) >= 11 is 12.7. The molecule has 1 saturated heterocycles. The fraction of sp³-hybridized carbons (Fsp3) is 0.0526. The molecule has 7 heteroatoms. The third-order valence-electron chi connectivity index (χ3n) is 3.50. The van der Waals surface area contributed by atoms with Crippen molar-refractivity contribution in [1.82, 2.24) is 0 Å². The van der Waals surface area contributed by atoms with Crippen LogP contribution in [0.1, 0.15) is 5.56 Å². The SMILES string of the molecule is C=CCOc1ccc(/C=C2\SC(=O)N(c3ccc(Cl)c(Cl)c3)C2=O)cc1. The fourth-order valence-corrected chi connectivity index (χ4v) is 3.41. The van der Waals surface area contributed by atoms with Gasteiger partial charge in [0, 0.05) is 0 Å². The first kappa shape index (κ1) is 18.6. The van der Waals surface area contributed by atoms with Gasteiger partial charge in [-0.25, -0.2) is 4.90 Å². The lowest BCUT2D eigenvalue weighted by molar-refractivity contribution is -0.113. The van der Waals surface area contributed by atoms with Crippen LogP contribution < -0.4 is 9.64 Å². The lowest BCUT2D eigenvalue weighted by Crippen LogP contribution is -2.27. The van der Waals surface area contributed by atoms with Gasteiger partial charge in [-0.1, -0.05) is 48.0 Å². The summed E-state index contributed by atoms with van der Waals surface area (Å²) < 4.78 is 5.42. The molecule has 0 N–H and O–H groups in total. The number of carbonyl (C=O) groups excluding carboxylic acids is 2. The van der Waals surface area contributed by atoms with Crippen molar-refractivity contribution in [2.45, 2.75) is 0 Å². The highest BCUT2D eigenvalue weighted by molar-refractivity contribution is 8.19. The van der Waals surface area contributed by atoms with Gasteiger partial charge < -0.3 is 4.74 Å². The standard InChI is InChI=1S/C19H13Cl2NO3S/c1-2-9-25-14-6-3-12(4-7-14)10-17-18(23)22(19(24)26-17)13-5-8-15(20)16(21)11-13/h2-8,10-11H,1,9H2/b17-10-. The predicted octanol–water partition coefficient (Wildman–Crippen LogP) is 5.80. The smallest absolute Gasteiger partial charge is 0.298 e. The zero-order valence-corrected chi connectivity index (χ0v) is 15.8. The Balaban J connectivity index is 1.82. The molecule has 2 aromatic rings. The Morgan fingerprint density at radius 1 is 1.08 bits per heavy atom. The number of nitrogens with zero attached hydrogens (tertiary/aromatic N) is 1. The number of hydrogen-bond acceptors (Lipinski definition) is 4. The molecule has 2 amide bonds. The minimum atomic E-state index is -0.398. The Hall–Kier alpha value is -2.21. The van der Waals surface area contributed by atoms with Crippen molar-refractivity contribution >= 4 is 57.9 Å². The number of ether oxygens (including phenoxy) is 1. The quantitative estimate of drug-likeness (QED) is 0.465. The topological polar surface area (TPSA) is 46.6 Å². The Morgan fingerprint density at radius 2 is 1.81 bits per heavy atom. The maximum absolute atomic E-state index is 12.6. The Bertz CT molecular complexity index is 910. The molecule has 0 unspecified atom stereocenters. The molecule has 0 atom stereocenters. The summed E-state index contributed by atoms with van der Waals surface area (Å²) in [4.78, 5) is 26.3. The van der Waals surface area contributed by atoms with E-state index in [2.05, 4.69) is 6.58 Å². The van der Waals surface area contributed by atoms with Crippen LogP contribution in [0.2, 0.25) is 10.0 Å².